The number of hydrogen-bond acceptors (Lipinski definition) is 3. The fourth-order valence-electron chi connectivity index (χ4n) is 1.30. The Balaban J connectivity index is 3.58. The van der Waals surface area contributed by atoms with Crippen molar-refractivity contribution in [2.75, 3.05) is 0 Å². The largest absolute Gasteiger partial charge is 0.417 e. The lowest BCUT2D eigenvalue weighted by Crippen LogP contribution is -2.13. The molecule has 0 radical (unpaired) electrons. The summed E-state index contributed by atoms with van der Waals surface area (Å²) in [7, 11) is 0. The average Bonchev–Trinajstić information content (AvgIpc) is 2.14. The minimum Gasteiger partial charge on any atom is -0.294 e. The first kappa shape index (κ1) is 12.2. The molecule has 0 unspecified atom stereocenters. The second kappa shape index (κ2) is 3.92. The molecule has 4 nitrogen and oxygen atoms in total. The number of alkyl halides is 3. The summed E-state index contributed by atoms with van der Waals surface area (Å²) in [4.78, 5) is 20.5. The summed E-state index contributed by atoms with van der Waals surface area (Å²) in [6.07, 6.45) is -4.78. The standard InChI is InChI=1S/C9H6F3NO3/c1-5(14)8-6(9(10,11)12)3-2-4-7(8)13(15)16/h2-4H,1H3. The Morgan fingerprint density at radius 2 is 1.94 bits per heavy atom. The van der Waals surface area contributed by atoms with E-state index in [4.69, 9.17) is 0 Å². The quantitative estimate of drug-likeness (QED) is 0.448. The molecule has 7 heteroatoms. The molecule has 0 saturated heterocycles. The molecule has 0 spiro atoms. The maximum absolute atomic E-state index is 12.5. The third-order valence-corrected chi connectivity index (χ3v) is 1.90. The highest BCUT2D eigenvalue weighted by Gasteiger charge is 2.37. The van der Waals surface area contributed by atoms with Gasteiger partial charge < -0.3 is 0 Å². The topological polar surface area (TPSA) is 60.2 Å². The Kier molecular flexibility index (Phi) is 2.97. The molecule has 0 heterocycles. The van der Waals surface area contributed by atoms with Crippen molar-refractivity contribution >= 4 is 11.5 Å². The second-order valence-electron chi connectivity index (χ2n) is 3.01. The van der Waals surface area contributed by atoms with Crippen LogP contribution in [0.2, 0.25) is 0 Å². The van der Waals surface area contributed by atoms with Crippen molar-refractivity contribution in [2.24, 2.45) is 0 Å². The lowest BCUT2D eigenvalue weighted by Gasteiger charge is -2.10. The number of nitro groups is 1. The molecule has 0 saturated carbocycles. The fourth-order valence-corrected chi connectivity index (χ4v) is 1.30. The monoisotopic (exact) mass is 233 g/mol. The lowest BCUT2D eigenvalue weighted by molar-refractivity contribution is -0.385. The van der Waals surface area contributed by atoms with Crippen LogP contribution in [0.25, 0.3) is 0 Å². The van der Waals surface area contributed by atoms with Crippen molar-refractivity contribution in [1.29, 1.82) is 0 Å². The van der Waals surface area contributed by atoms with Gasteiger partial charge in [0.25, 0.3) is 5.69 Å². The van der Waals surface area contributed by atoms with Crippen molar-refractivity contribution in [3.8, 4) is 0 Å². The summed E-state index contributed by atoms with van der Waals surface area (Å²) >= 11 is 0. The zero-order chi connectivity index (χ0) is 12.5. The molecular formula is C9H6F3NO3. The minimum absolute atomic E-state index is 0.643. The molecule has 1 aromatic rings. The van der Waals surface area contributed by atoms with Crippen molar-refractivity contribution in [1.82, 2.24) is 0 Å². The van der Waals surface area contributed by atoms with E-state index < -0.39 is 33.7 Å². The van der Waals surface area contributed by atoms with Crippen LogP contribution in [0.5, 0.6) is 0 Å². The van der Waals surface area contributed by atoms with Gasteiger partial charge in [-0.05, 0) is 13.0 Å². The highest BCUT2D eigenvalue weighted by molar-refractivity contribution is 5.99. The van der Waals surface area contributed by atoms with Gasteiger partial charge in [-0.3, -0.25) is 14.9 Å². The summed E-state index contributed by atoms with van der Waals surface area (Å²) in [5.41, 5.74) is -3.02. The maximum Gasteiger partial charge on any atom is 0.417 e. The van der Waals surface area contributed by atoms with Crippen LogP contribution in [-0.2, 0) is 6.18 Å². The molecule has 0 aliphatic carbocycles. The smallest absolute Gasteiger partial charge is 0.294 e. The van der Waals surface area contributed by atoms with Gasteiger partial charge in [0.2, 0.25) is 0 Å². The number of nitrogens with zero attached hydrogens (tertiary/aromatic N) is 1. The second-order valence-corrected chi connectivity index (χ2v) is 3.01. The van der Waals surface area contributed by atoms with Crippen LogP contribution in [0, 0.1) is 10.1 Å². The SMILES string of the molecule is CC(=O)c1c([N+](=O)[O-])cccc1C(F)(F)F. The molecule has 0 bridgehead atoms. The zero-order valence-corrected chi connectivity index (χ0v) is 8.04. The van der Waals surface area contributed by atoms with E-state index in [1.54, 1.807) is 0 Å². The van der Waals surface area contributed by atoms with Gasteiger partial charge >= 0.3 is 6.18 Å². The Labute approximate surface area is 87.8 Å². The molecular weight excluding hydrogens is 227 g/mol. The molecule has 0 fully saturated rings. The van der Waals surface area contributed by atoms with E-state index in [2.05, 4.69) is 0 Å². The van der Waals surface area contributed by atoms with Gasteiger partial charge in [0.05, 0.1) is 10.5 Å². The predicted molar refractivity (Wildman–Crippen MR) is 48.1 cm³/mol. The number of rotatable bonds is 2. The van der Waals surface area contributed by atoms with E-state index in [9.17, 15) is 28.1 Å². The van der Waals surface area contributed by atoms with Gasteiger partial charge in [-0.1, -0.05) is 6.07 Å². The Morgan fingerprint density at radius 1 is 1.38 bits per heavy atom. The Bertz CT molecular complexity index is 454. The lowest BCUT2D eigenvalue weighted by atomic mass is 10.0. The van der Waals surface area contributed by atoms with Crippen LogP contribution < -0.4 is 0 Å². The molecule has 0 aromatic heterocycles. The van der Waals surface area contributed by atoms with Gasteiger partial charge in [0.15, 0.2) is 5.78 Å². The molecule has 1 rings (SSSR count). The van der Waals surface area contributed by atoms with E-state index in [-0.39, 0.29) is 0 Å². The summed E-state index contributed by atoms with van der Waals surface area (Å²) in [6, 6.07) is 2.41. The number of carbonyl (C=O) groups excluding carboxylic acids is 1. The van der Waals surface area contributed by atoms with E-state index >= 15 is 0 Å². The summed E-state index contributed by atoms with van der Waals surface area (Å²) < 4.78 is 37.4. The van der Waals surface area contributed by atoms with Crippen molar-refractivity contribution < 1.29 is 22.9 Å². The highest BCUT2D eigenvalue weighted by Crippen LogP contribution is 2.35. The summed E-state index contributed by atoms with van der Waals surface area (Å²) in [5.74, 6) is -0.986. The van der Waals surface area contributed by atoms with E-state index in [1.807, 2.05) is 0 Å². The number of benzene rings is 1. The van der Waals surface area contributed by atoms with Gasteiger partial charge in [-0.15, -0.1) is 0 Å². The molecule has 0 atom stereocenters. The Morgan fingerprint density at radius 3 is 2.31 bits per heavy atom. The molecule has 0 N–H and O–H groups in total. The number of ketones is 1. The number of Topliss-reactive ketones (excluding diaryl/α,β-unsaturated/α-hetero) is 1. The average molecular weight is 233 g/mol. The van der Waals surface area contributed by atoms with Crippen LogP contribution in [0.1, 0.15) is 22.8 Å². The minimum atomic E-state index is -4.78. The predicted octanol–water partition coefficient (Wildman–Crippen LogP) is 2.82. The van der Waals surface area contributed by atoms with Gasteiger partial charge in [-0.25, -0.2) is 0 Å². The van der Waals surface area contributed by atoms with Gasteiger partial charge in [0, 0.05) is 6.07 Å². The normalized spacial score (nSPS) is 11.2. The number of carbonyl (C=O) groups is 1. The van der Waals surface area contributed by atoms with Crippen LogP contribution in [-0.4, -0.2) is 10.7 Å². The van der Waals surface area contributed by atoms with Crippen LogP contribution in [0.4, 0.5) is 18.9 Å². The van der Waals surface area contributed by atoms with Gasteiger partial charge in [-0.2, -0.15) is 13.2 Å². The molecule has 0 aliphatic rings. The Hall–Kier alpha value is -1.92. The van der Waals surface area contributed by atoms with E-state index in [1.165, 1.54) is 0 Å². The highest BCUT2D eigenvalue weighted by atomic mass is 19.4. The van der Waals surface area contributed by atoms with Crippen molar-refractivity contribution in [3.63, 3.8) is 0 Å². The third kappa shape index (κ3) is 2.18. The molecule has 0 amide bonds. The molecule has 1 aromatic carbocycles. The molecule has 86 valence electrons. The van der Waals surface area contributed by atoms with Gasteiger partial charge in [0.1, 0.15) is 5.56 Å². The maximum atomic E-state index is 12.5. The first-order valence-electron chi connectivity index (χ1n) is 4.10. The molecule has 16 heavy (non-hydrogen) atoms. The number of hydrogen-bond donors (Lipinski definition) is 0. The first-order chi connectivity index (χ1) is 7.25. The summed E-state index contributed by atoms with van der Waals surface area (Å²) in [6.45, 7) is 0.859. The number of halogens is 3. The van der Waals surface area contributed by atoms with E-state index in [0.717, 1.165) is 19.1 Å². The van der Waals surface area contributed by atoms with Crippen molar-refractivity contribution in [3.05, 3.63) is 39.4 Å². The van der Waals surface area contributed by atoms with Crippen LogP contribution in [0.15, 0.2) is 18.2 Å². The van der Waals surface area contributed by atoms with Crippen LogP contribution in [0.3, 0.4) is 0 Å². The van der Waals surface area contributed by atoms with E-state index in [0.29, 0.717) is 6.07 Å². The first-order valence-corrected chi connectivity index (χ1v) is 4.10. The fraction of sp³-hybridized carbons (Fsp3) is 0.222. The summed E-state index contributed by atoms with van der Waals surface area (Å²) in [5, 5.41) is 10.5. The molecule has 0 aliphatic heterocycles. The number of nitro benzene ring substituents is 1. The zero-order valence-electron chi connectivity index (χ0n) is 8.04. The van der Waals surface area contributed by atoms with Crippen molar-refractivity contribution in [2.45, 2.75) is 13.1 Å². The third-order valence-electron chi connectivity index (χ3n) is 1.90. The van der Waals surface area contributed by atoms with Crippen LogP contribution >= 0.6 is 0 Å².